The molecule has 1 aromatic heterocycles. The highest BCUT2D eigenvalue weighted by Crippen LogP contribution is 2.27. The summed E-state index contributed by atoms with van der Waals surface area (Å²) in [5.74, 6) is 6.29. The zero-order valence-electron chi connectivity index (χ0n) is 9.29. The van der Waals surface area contributed by atoms with E-state index in [0.29, 0.717) is 21.1 Å². The standard InChI is InChI=1S/C12H11BrCl2N2O/c13-12-4-3-11(18-12)10(17-16)5-7-1-2-8(14)6-9(7)15/h1-4,6,10,17H,5,16H2. The summed E-state index contributed by atoms with van der Waals surface area (Å²) in [5.41, 5.74) is 3.67. The number of benzene rings is 1. The lowest BCUT2D eigenvalue weighted by molar-refractivity contribution is 0.405. The fourth-order valence-electron chi connectivity index (χ4n) is 1.66. The lowest BCUT2D eigenvalue weighted by Gasteiger charge is -2.14. The van der Waals surface area contributed by atoms with Gasteiger partial charge in [0.2, 0.25) is 0 Å². The Morgan fingerprint density at radius 3 is 2.61 bits per heavy atom. The van der Waals surface area contributed by atoms with Gasteiger partial charge in [0.1, 0.15) is 5.76 Å². The number of hydrogen-bond acceptors (Lipinski definition) is 3. The summed E-state index contributed by atoms with van der Waals surface area (Å²) in [4.78, 5) is 0. The molecule has 2 aromatic rings. The van der Waals surface area contributed by atoms with Crippen LogP contribution in [0.5, 0.6) is 0 Å². The van der Waals surface area contributed by atoms with Crippen LogP contribution in [0.1, 0.15) is 17.4 Å². The van der Waals surface area contributed by atoms with Gasteiger partial charge in [0.05, 0.1) is 6.04 Å². The molecule has 3 nitrogen and oxygen atoms in total. The molecule has 0 saturated carbocycles. The first kappa shape index (κ1) is 13.9. The van der Waals surface area contributed by atoms with Gasteiger partial charge < -0.3 is 4.42 Å². The van der Waals surface area contributed by atoms with Crippen LogP contribution >= 0.6 is 39.1 Å². The Morgan fingerprint density at radius 1 is 1.28 bits per heavy atom. The monoisotopic (exact) mass is 348 g/mol. The molecule has 18 heavy (non-hydrogen) atoms. The van der Waals surface area contributed by atoms with Gasteiger partial charge in [-0.1, -0.05) is 29.3 Å². The molecular weight excluding hydrogens is 339 g/mol. The lowest BCUT2D eigenvalue weighted by atomic mass is 10.0. The first-order valence-corrected chi connectivity index (χ1v) is 6.80. The SMILES string of the molecule is NNC(Cc1ccc(Cl)cc1Cl)c1ccc(Br)o1. The molecule has 1 atom stereocenters. The summed E-state index contributed by atoms with van der Waals surface area (Å²) < 4.78 is 6.14. The minimum atomic E-state index is -0.144. The molecule has 1 unspecified atom stereocenters. The summed E-state index contributed by atoms with van der Waals surface area (Å²) in [6, 6.07) is 8.93. The fraction of sp³-hybridized carbons (Fsp3) is 0.167. The molecule has 1 aromatic carbocycles. The van der Waals surface area contributed by atoms with Crippen molar-refractivity contribution in [1.82, 2.24) is 5.43 Å². The predicted molar refractivity (Wildman–Crippen MR) is 76.6 cm³/mol. The Labute approximate surface area is 123 Å². The maximum atomic E-state index is 6.13. The van der Waals surface area contributed by atoms with Crippen LogP contribution in [0.4, 0.5) is 0 Å². The van der Waals surface area contributed by atoms with Crippen LogP contribution in [0.25, 0.3) is 0 Å². The third-order valence-electron chi connectivity index (χ3n) is 2.58. The van der Waals surface area contributed by atoms with Crippen LogP contribution in [0, 0.1) is 0 Å². The number of nitrogens with one attached hydrogen (secondary N) is 1. The highest BCUT2D eigenvalue weighted by Gasteiger charge is 2.16. The third kappa shape index (κ3) is 3.28. The Balaban J connectivity index is 2.20. The van der Waals surface area contributed by atoms with Gasteiger partial charge >= 0.3 is 0 Å². The molecule has 0 fully saturated rings. The van der Waals surface area contributed by atoms with E-state index in [1.807, 2.05) is 18.2 Å². The number of halogens is 3. The molecule has 0 amide bonds. The summed E-state index contributed by atoms with van der Waals surface area (Å²) in [5, 5.41) is 1.23. The molecule has 2 rings (SSSR count). The first-order valence-electron chi connectivity index (χ1n) is 5.25. The molecule has 0 radical (unpaired) electrons. The van der Waals surface area contributed by atoms with Crippen molar-refractivity contribution >= 4 is 39.1 Å². The van der Waals surface area contributed by atoms with Gasteiger partial charge in [-0.05, 0) is 52.2 Å². The topological polar surface area (TPSA) is 51.2 Å². The van der Waals surface area contributed by atoms with Crippen LogP contribution in [-0.2, 0) is 6.42 Å². The van der Waals surface area contributed by atoms with E-state index in [-0.39, 0.29) is 6.04 Å². The minimum absolute atomic E-state index is 0.144. The van der Waals surface area contributed by atoms with Gasteiger partial charge in [0.25, 0.3) is 0 Å². The second kappa shape index (κ2) is 6.08. The summed E-state index contributed by atoms with van der Waals surface area (Å²) >= 11 is 15.2. The van der Waals surface area contributed by atoms with Crippen LogP contribution < -0.4 is 11.3 Å². The zero-order valence-corrected chi connectivity index (χ0v) is 12.4. The summed E-state index contributed by atoms with van der Waals surface area (Å²) in [7, 11) is 0. The fourth-order valence-corrected chi connectivity index (χ4v) is 2.47. The molecule has 6 heteroatoms. The summed E-state index contributed by atoms with van der Waals surface area (Å²) in [6.45, 7) is 0. The van der Waals surface area contributed by atoms with E-state index in [1.165, 1.54) is 0 Å². The molecule has 0 aliphatic heterocycles. The lowest BCUT2D eigenvalue weighted by Crippen LogP contribution is -2.29. The third-order valence-corrected chi connectivity index (χ3v) is 3.59. The average Bonchev–Trinajstić information content (AvgIpc) is 2.75. The van der Waals surface area contributed by atoms with Crippen LogP contribution in [0.3, 0.4) is 0 Å². The van der Waals surface area contributed by atoms with Gasteiger partial charge in [-0.2, -0.15) is 0 Å². The molecule has 0 aliphatic rings. The van der Waals surface area contributed by atoms with E-state index >= 15 is 0 Å². The predicted octanol–water partition coefficient (Wildman–Crippen LogP) is 4.10. The molecule has 0 saturated heterocycles. The maximum absolute atomic E-state index is 6.13. The van der Waals surface area contributed by atoms with Gasteiger partial charge in [0.15, 0.2) is 4.67 Å². The highest BCUT2D eigenvalue weighted by molar-refractivity contribution is 9.10. The van der Waals surface area contributed by atoms with Crippen molar-refractivity contribution in [1.29, 1.82) is 0 Å². The molecule has 0 aliphatic carbocycles. The van der Waals surface area contributed by atoms with Crippen molar-refractivity contribution in [2.45, 2.75) is 12.5 Å². The average molecular weight is 350 g/mol. The normalized spacial score (nSPS) is 12.7. The van der Waals surface area contributed by atoms with Crippen molar-refractivity contribution in [3.8, 4) is 0 Å². The zero-order chi connectivity index (χ0) is 13.1. The van der Waals surface area contributed by atoms with Crippen LogP contribution in [0.2, 0.25) is 10.0 Å². The highest BCUT2D eigenvalue weighted by atomic mass is 79.9. The second-order valence-corrected chi connectivity index (χ2v) is 5.43. The van der Waals surface area contributed by atoms with Gasteiger partial charge in [-0.15, -0.1) is 0 Å². The van der Waals surface area contributed by atoms with E-state index in [4.69, 9.17) is 33.5 Å². The maximum Gasteiger partial charge on any atom is 0.169 e. The van der Waals surface area contributed by atoms with Crippen LogP contribution in [-0.4, -0.2) is 0 Å². The van der Waals surface area contributed by atoms with Gasteiger partial charge in [-0.25, -0.2) is 5.43 Å². The van der Waals surface area contributed by atoms with E-state index in [9.17, 15) is 0 Å². The Kier molecular flexibility index (Phi) is 4.70. The quantitative estimate of drug-likeness (QED) is 0.645. The van der Waals surface area contributed by atoms with E-state index in [0.717, 1.165) is 11.3 Å². The largest absolute Gasteiger partial charge is 0.453 e. The molecule has 3 N–H and O–H groups in total. The van der Waals surface area contributed by atoms with Crippen molar-refractivity contribution in [3.05, 3.63) is 56.4 Å². The van der Waals surface area contributed by atoms with Crippen LogP contribution in [0.15, 0.2) is 39.4 Å². The number of nitrogens with two attached hydrogens (primary N) is 1. The Morgan fingerprint density at radius 2 is 2.06 bits per heavy atom. The number of furan rings is 1. The van der Waals surface area contributed by atoms with E-state index < -0.39 is 0 Å². The number of hydrazine groups is 1. The van der Waals surface area contributed by atoms with Crippen molar-refractivity contribution in [3.63, 3.8) is 0 Å². The van der Waals surface area contributed by atoms with E-state index in [1.54, 1.807) is 12.1 Å². The molecule has 1 heterocycles. The van der Waals surface area contributed by atoms with Gasteiger partial charge in [0, 0.05) is 10.0 Å². The number of rotatable bonds is 4. The molecule has 0 spiro atoms. The molecule has 96 valence electrons. The Bertz CT molecular complexity index is 545. The minimum Gasteiger partial charge on any atom is -0.453 e. The molecular formula is C12H11BrCl2N2O. The van der Waals surface area contributed by atoms with Crippen molar-refractivity contribution < 1.29 is 4.42 Å². The Hall–Kier alpha value is -0.520. The number of hydrogen-bond donors (Lipinski definition) is 2. The second-order valence-electron chi connectivity index (χ2n) is 3.80. The van der Waals surface area contributed by atoms with E-state index in [2.05, 4.69) is 21.4 Å². The van der Waals surface area contributed by atoms with Crippen molar-refractivity contribution in [2.24, 2.45) is 5.84 Å². The first-order chi connectivity index (χ1) is 8.60. The van der Waals surface area contributed by atoms with Crippen molar-refractivity contribution in [2.75, 3.05) is 0 Å². The van der Waals surface area contributed by atoms with Gasteiger partial charge in [-0.3, -0.25) is 5.84 Å². The smallest absolute Gasteiger partial charge is 0.169 e. The molecule has 0 bridgehead atoms. The summed E-state index contributed by atoms with van der Waals surface area (Å²) in [6.07, 6.45) is 0.618.